The third kappa shape index (κ3) is 8.35. The Hall–Kier alpha value is -3.90. The number of aromatic carboxylic acids is 1. The highest BCUT2D eigenvalue weighted by Gasteiger charge is 2.32. The normalized spacial score (nSPS) is 14.0. The zero-order valence-corrected chi connectivity index (χ0v) is 26.1. The molecule has 2 amide bonds. The van der Waals surface area contributed by atoms with E-state index in [0.717, 1.165) is 22.9 Å². The molecule has 3 aromatic rings. The fraction of sp³-hybridized carbons (Fsp3) is 0.226. The number of likely N-dealkylation sites (N-methyl/N-ethyl adjacent to an activating group) is 1. The van der Waals surface area contributed by atoms with Crippen LogP contribution in [0.2, 0.25) is 5.02 Å². The molecule has 0 aliphatic carbocycles. The Morgan fingerprint density at radius 1 is 1.12 bits per heavy atom. The van der Waals surface area contributed by atoms with Gasteiger partial charge in [0, 0.05) is 36.3 Å². The van der Waals surface area contributed by atoms with Crippen LogP contribution in [0.15, 0.2) is 65.6 Å². The van der Waals surface area contributed by atoms with Crippen molar-refractivity contribution >= 4 is 69.4 Å². The Labute approximate surface area is 264 Å². The molecule has 2 N–H and O–H groups in total. The van der Waals surface area contributed by atoms with Gasteiger partial charge in [-0.05, 0) is 80.3 Å². The molecule has 1 heterocycles. The zero-order valence-electron chi connectivity index (χ0n) is 23.8. The van der Waals surface area contributed by atoms with Crippen LogP contribution in [0.25, 0.3) is 17.2 Å². The van der Waals surface area contributed by atoms with E-state index in [1.165, 1.54) is 29.2 Å². The van der Waals surface area contributed by atoms with Gasteiger partial charge in [0.15, 0.2) is 0 Å². The molecule has 4 rings (SSSR count). The number of methoxy groups -OCH3 is 1. The number of anilines is 1. The highest BCUT2D eigenvalue weighted by molar-refractivity contribution is 8.26. The number of nitrogens with zero attached hydrogens (tertiary/aromatic N) is 2. The molecule has 0 aromatic heterocycles. The lowest BCUT2D eigenvalue weighted by Gasteiger charge is -2.15. The average Bonchev–Trinajstić information content (AvgIpc) is 3.23. The van der Waals surface area contributed by atoms with Gasteiger partial charge < -0.3 is 24.8 Å². The SMILES string of the molecule is COc1ccc(-c2ccc(OCCN(C)C)c(/C=C3\SC(=S)N(CCC(=O)Nc4ccc(C(=O)O)cc4)C3=O)c2)c(Cl)c1. The van der Waals surface area contributed by atoms with Gasteiger partial charge in [0.1, 0.15) is 22.4 Å². The van der Waals surface area contributed by atoms with Crippen LogP contribution >= 0.6 is 35.6 Å². The van der Waals surface area contributed by atoms with Crippen molar-refractivity contribution in [3.63, 3.8) is 0 Å². The van der Waals surface area contributed by atoms with Crippen molar-refractivity contribution in [1.82, 2.24) is 9.80 Å². The van der Waals surface area contributed by atoms with E-state index in [4.69, 9.17) is 38.4 Å². The van der Waals surface area contributed by atoms with Crippen LogP contribution in [0.4, 0.5) is 5.69 Å². The molecule has 0 atom stereocenters. The second kappa shape index (κ2) is 14.5. The van der Waals surface area contributed by atoms with Crippen molar-refractivity contribution in [3.8, 4) is 22.6 Å². The Balaban J connectivity index is 1.51. The van der Waals surface area contributed by atoms with Gasteiger partial charge in [-0.3, -0.25) is 14.5 Å². The molecule has 43 heavy (non-hydrogen) atoms. The van der Waals surface area contributed by atoms with Gasteiger partial charge in [-0.25, -0.2) is 4.79 Å². The second-order valence-corrected chi connectivity index (χ2v) is 11.8. The van der Waals surface area contributed by atoms with E-state index >= 15 is 0 Å². The number of rotatable bonds is 12. The average molecular weight is 640 g/mol. The number of hydrogen-bond acceptors (Lipinski definition) is 8. The molecule has 0 bridgehead atoms. The minimum Gasteiger partial charge on any atom is -0.497 e. The fourth-order valence-electron chi connectivity index (χ4n) is 4.12. The summed E-state index contributed by atoms with van der Waals surface area (Å²) >= 11 is 13.2. The maximum atomic E-state index is 13.4. The number of thiocarbonyl (C=S) groups is 1. The van der Waals surface area contributed by atoms with Crippen LogP contribution in [-0.2, 0) is 9.59 Å². The summed E-state index contributed by atoms with van der Waals surface area (Å²) in [6.45, 7) is 1.25. The first-order valence-corrected chi connectivity index (χ1v) is 14.8. The number of carbonyl (C=O) groups excluding carboxylic acids is 2. The van der Waals surface area contributed by atoms with E-state index in [1.54, 1.807) is 19.3 Å². The number of carboxylic acids is 1. The van der Waals surface area contributed by atoms with Gasteiger partial charge in [0.25, 0.3) is 5.91 Å². The summed E-state index contributed by atoms with van der Waals surface area (Å²) < 4.78 is 11.7. The lowest BCUT2D eigenvalue weighted by atomic mass is 10.0. The van der Waals surface area contributed by atoms with E-state index in [9.17, 15) is 14.4 Å². The molecule has 3 aromatic carbocycles. The molecule has 0 saturated carbocycles. The molecule has 1 aliphatic rings. The molecule has 0 unspecified atom stereocenters. The number of amides is 2. The second-order valence-electron chi connectivity index (χ2n) is 9.76. The highest BCUT2D eigenvalue weighted by atomic mass is 35.5. The standard InChI is InChI=1S/C31H30ClN3O6S2/c1-34(2)14-15-41-26-11-6-20(24-10-9-23(40-3)18-25(24)32)16-21(26)17-27-29(37)35(31(42)43-27)13-12-28(36)33-22-7-4-19(5-8-22)30(38)39/h4-11,16-18H,12-15H2,1-3H3,(H,33,36)(H,38,39)/b27-17-. The minimum absolute atomic E-state index is 0.00471. The summed E-state index contributed by atoms with van der Waals surface area (Å²) in [5.74, 6) is -0.439. The van der Waals surface area contributed by atoms with E-state index in [2.05, 4.69) is 5.32 Å². The summed E-state index contributed by atoms with van der Waals surface area (Å²) in [5.41, 5.74) is 2.90. The van der Waals surface area contributed by atoms with Crippen molar-refractivity contribution < 1.29 is 29.0 Å². The Morgan fingerprint density at radius 2 is 1.86 bits per heavy atom. The number of hydrogen-bond donors (Lipinski definition) is 2. The molecule has 9 nitrogen and oxygen atoms in total. The van der Waals surface area contributed by atoms with E-state index in [1.807, 2.05) is 49.3 Å². The predicted octanol–water partition coefficient (Wildman–Crippen LogP) is 5.88. The molecular formula is C31H30ClN3O6S2. The van der Waals surface area contributed by atoms with Crippen LogP contribution < -0.4 is 14.8 Å². The predicted molar refractivity (Wildman–Crippen MR) is 174 cm³/mol. The molecule has 1 fully saturated rings. The molecule has 12 heteroatoms. The summed E-state index contributed by atoms with van der Waals surface area (Å²) in [6.07, 6.45) is 1.75. The summed E-state index contributed by atoms with van der Waals surface area (Å²) in [6, 6.07) is 16.9. The summed E-state index contributed by atoms with van der Waals surface area (Å²) in [7, 11) is 5.49. The third-order valence-corrected chi connectivity index (χ3v) is 8.12. The Morgan fingerprint density at radius 3 is 2.51 bits per heavy atom. The number of benzene rings is 3. The van der Waals surface area contributed by atoms with Crippen LogP contribution in [0.1, 0.15) is 22.3 Å². The first kappa shape index (κ1) is 32.0. The quantitative estimate of drug-likeness (QED) is 0.185. The maximum Gasteiger partial charge on any atom is 0.335 e. The van der Waals surface area contributed by atoms with Crippen LogP contribution in [0.3, 0.4) is 0 Å². The van der Waals surface area contributed by atoms with Crippen LogP contribution in [0, 0.1) is 0 Å². The van der Waals surface area contributed by atoms with Gasteiger partial charge in [0.05, 0.1) is 22.6 Å². The highest BCUT2D eigenvalue weighted by Crippen LogP contribution is 2.38. The molecule has 0 spiro atoms. The summed E-state index contributed by atoms with van der Waals surface area (Å²) in [5, 5.41) is 12.3. The van der Waals surface area contributed by atoms with Crippen LogP contribution in [-0.4, -0.2) is 77.9 Å². The number of nitrogens with one attached hydrogen (secondary N) is 1. The van der Waals surface area contributed by atoms with Crippen molar-refractivity contribution in [3.05, 3.63) is 81.7 Å². The van der Waals surface area contributed by atoms with Crippen molar-refractivity contribution in [2.75, 3.05) is 46.2 Å². The van der Waals surface area contributed by atoms with Crippen molar-refractivity contribution in [1.29, 1.82) is 0 Å². The van der Waals surface area contributed by atoms with Gasteiger partial charge in [-0.15, -0.1) is 0 Å². The molecule has 1 aliphatic heterocycles. The fourth-order valence-corrected chi connectivity index (χ4v) is 5.70. The molecule has 224 valence electrons. The molecular weight excluding hydrogens is 610 g/mol. The van der Waals surface area contributed by atoms with Gasteiger partial charge in [-0.2, -0.15) is 0 Å². The molecule has 0 radical (unpaired) electrons. The van der Waals surface area contributed by atoms with Gasteiger partial charge >= 0.3 is 5.97 Å². The monoisotopic (exact) mass is 639 g/mol. The van der Waals surface area contributed by atoms with Gasteiger partial charge in [-0.1, -0.05) is 41.6 Å². The lowest BCUT2D eigenvalue weighted by molar-refractivity contribution is -0.122. The number of halogens is 1. The topological polar surface area (TPSA) is 108 Å². The van der Waals surface area contributed by atoms with Crippen molar-refractivity contribution in [2.45, 2.75) is 6.42 Å². The number of ether oxygens (including phenoxy) is 2. The summed E-state index contributed by atoms with van der Waals surface area (Å²) in [4.78, 5) is 40.8. The third-order valence-electron chi connectivity index (χ3n) is 6.43. The first-order chi connectivity index (χ1) is 20.5. The number of carboxylic acid groups (broad SMARTS) is 1. The maximum absolute atomic E-state index is 13.4. The van der Waals surface area contributed by atoms with Crippen LogP contribution in [0.5, 0.6) is 11.5 Å². The minimum atomic E-state index is -1.05. The first-order valence-electron chi connectivity index (χ1n) is 13.2. The smallest absolute Gasteiger partial charge is 0.335 e. The molecule has 1 saturated heterocycles. The number of carbonyl (C=O) groups is 3. The zero-order chi connectivity index (χ0) is 31.1. The largest absolute Gasteiger partial charge is 0.497 e. The van der Waals surface area contributed by atoms with Crippen molar-refractivity contribution in [2.24, 2.45) is 0 Å². The number of thioether (sulfide) groups is 1. The van der Waals surface area contributed by atoms with E-state index < -0.39 is 5.97 Å². The Kier molecular flexibility index (Phi) is 10.8. The van der Waals surface area contributed by atoms with Gasteiger partial charge in [0.2, 0.25) is 5.91 Å². The van der Waals surface area contributed by atoms with E-state index in [0.29, 0.717) is 50.1 Å². The van der Waals surface area contributed by atoms with E-state index in [-0.39, 0.29) is 30.3 Å². The lowest BCUT2D eigenvalue weighted by Crippen LogP contribution is -2.31. The Bertz CT molecular complexity index is 1580.